The predicted octanol–water partition coefficient (Wildman–Crippen LogP) is 3.15. The molecule has 0 atom stereocenters. The highest BCUT2D eigenvalue weighted by Crippen LogP contribution is 2.24. The summed E-state index contributed by atoms with van der Waals surface area (Å²) < 4.78 is 3.05. The molecule has 7 heteroatoms. The third kappa shape index (κ3) is 3.81. The van der Waals surface area contributed by atoms with Crippen LogP contribution in [-0.4, -0.2) is 42.2 Å². The molecule has 7 nitrogen and oxygen atoms in total. The zero-order valence-corrected chi connectivity index (χ0v) is 17.0. The van der Waals surface area contributed by atoms with Crippen molar-refractivity contribution < 1.29 is 4.79 Å². The number of amides is 1. The van der Waals surface area contributed by atoms with Gasteiger partial charge in [0.25, 0.3) is 5.56 Å². The lowest BCUT2D eigenvalue weighted by molar-refractivity contribution is -0.137. The Morgan fingerprint density at radius 1 is 1.17 bits per heavy atom. The highest BCUT2D eigenvalue weighted by molar-refractivity contribution is 5.78. The third-order valence-corrected chi connectivity index (χ3v) is 5.67. The first-order chi connectivity index (χ1) is 14.1. The minimum absolute atomic E-state index is 0.00691. The first-order valence-corrected chi connectivity index (χ1v) is 10.4. The minimum Gasteiger partial charge on any atom is -0.336 e. The number of fused-ring (bicyclic) bond motifs is 1. The van der Waals surface area contributed by atoms with Crippen LogP contribution >= 0.6 is 0 Å². The van der Waals surface area contributed by atoms with Gasteiger partial charge in [0.05, 0.1) is 11.9 Å². The maximum Gasteiger partial charge on any atom is 0.264 e. The van der Waals surface area contributed by atoms with Gasteiger partial charge in [-0.05, 0) is 38.8 Å². The second-order valence-corrected chi connectivity index (χ2v) is 7.99. The number of carbonyl (C=O) groups excluding carboxylic acids is 1. The molecule has 3 aromatic rings. The van der Waals surface area contributed by atoms with Gasteiger partial charge < -0.3 is 4.90 Å². The summed E-state index contributed by atoms with van der Waals surface area (Å²) >= 11 is 0. The van der Waals surface area contributed by atoms with E-state index in [0.29, 0.717) is 11.0 Å². The van der Waals surface area contributed by atoms with Gasteiger partial charge in [-0.2, -0.15) is 5.10 Å². The summed E-state index contributed by atoms with van der Waals surface area (Å²) in [6.45, 7) is 4.09. The molecule has 1 aliphatic rings. The normalized spacial score (nSPS) is 15.1. The van der Waals surface area contributed by atoms with Gasteiger partial charge in [-0.3, -0.25) is 14.2 Å². The maximum absolute atomic E-state index is 13.1. The van der Waals surface area contributed by atoms with Gasteiger partial charge in [0.2, 0.25) is 5.91 Å². The Hall–Kier alpha value is -2.96. The molecule has 1 aliphatic carbocycles. The average molecular weight is 393 g/mol. The van der Waals surface area contributed by atoms with Gasteiger partial charge in [-0.25, -0.2) is 9.67 Å². The molecular formula is C22H27N5O2. The molecule has 4 rings (SSSR count). The van der Waals surface area contributed by atoms with Crippen LogP contribution in [0, 0.1) is 0 Å². The van der Waals surface area contributed by atoms with Crippen molar-refractivity contribution in [2.45, 2.75) is 64.6 Å². The Bertz CT molecular complexity index is 1050. The molecule has 29 heavy (non-hydrogen) atoms. The zero-order chi connectivity index (χ0) is 20.4. The molecular weight excluding hydrogens is 366 g/mol. The number of rotatable bonds is 5. The van der Waals surface area contributed by atoms with Crippen LogP contribution in [0.25, 0.3) is 16.7 Å². The van der Waals surface area contributed by atoms with Crippen LogP contribution in [0.2, 0.25) is 0 Å². The molecule has 0 N–H and O–H groups in total. The first kappa shape index (κ1) is 19.4. The number of hydrogen-bond acceptors (Lipinski definition) is 4. The highest BCUT2D eigenvalue weighted by atomic mass is 16.2. The fourth-order valence-electron chi connectivity index (χ4n) is 4.32. The van der Waals surface area contributed by atoms with Crippen molar-refractivity contribution >= 4 is 16.9 Å². The van der Waals surface area contributed by atoms with E-state index in [1.54, 1.807) is 4.68 Å². The van der Waals surface area contributed by atoms with Gasteiger partial charge in [0.15, 0.2) is 5.65 Å². The predicted molar refractivity (Wildman–Crippen MR) is 112 cm³/mol. The lowest BCUT2D eigenvalue weighted by Gasteiger charge is -2.37. The molecule has 152 valence electrons. The van der Waals surface area contributed by atoms with Crippen LogP contribution in [-0.2, 0) is 11.3 Å². The lowest BCUT2D eigenvalue weighted by atomic mass is 9.93. The van der Waals surface area contributed by atoms with Gasteiger partial charge in [-0.15, -0.1) is 0 Å². The van der Waals surface area contributed by atoms with Crippen molar-refractivity contribution in [2.24, 2.45) is 0 Å². The number of hydrogen-bond donors (Lipinski definition) is 0. The number of benzene rings is 1. The number of aromatic nitrogens is 4. The molecule has 0 aliphatic heterocycles. The summed E-state index contributed by atoms with van der Waals surface area (Å²) in [5.74, 6) is -0.0226. The molecule has 1 aromatic carbocycles. The lowest BCUT2D eigenvalue weighted by Crippen LogP contribution is -2.47. The summed E-state index contributed by atoms with van der Waals surface area (Å²) in [5, 5.41) is 4.74. The van der Waals surface area contributed by atoms with Crippen molar-refractivity contribution in [3.8, 4) is 5.69 Å². The van der Waals surface area contributed by atoms with Crippen LogP contribution < -0.4 is 5.56 Å². The summed E-state index contributed by atoms with van der Waals surface area (Å²) in [6.07, 6.45) is 8.63. The molecule has 1 fully saturated rings. The van der Waals surface area contributed by atoms with E-state index >= 15 is 0 Å². The van der Waals surface area contributed by atoms with E-state index in [1.165, 1.54) is 23.5 Å². The molecule has 1 amide bonds. The second kappa shape index (κ2) is 8.19. The Balaban J connectivity index is 1.62. The Morgan fingerprint density at radius 2 is 1.90 bits per heavy atom. The summed E-state index contributed by atoms with van der Waals surface area (Å²) in [7, 11) is 0. The monoisotopic (exact) mass is 393 g/mol. The van der Waals surface area contributed by atoms with E-state index in [0.717, 1.165) is 31.4 Å². The second-order valence-electron chi connectivity index (χ2n) is 7.99. The third-order valence-electron chi connectivity index (χ3n) is 5.67. The largest absolute Gasteiger partial charge is 0.336 e. The molecule has 1 saturated carbocycles. The molecule has 0 saturated heterocycles. The Labute approximate surface area is 170 Å². The number of carbonyl (C=O) groups is 1. The van der Waals surface area contributed by atoms with Crippen LogP contribution in [0.4, 0.5) is 0 Å². The van der Waals surface area contributed by atoms with Gasteiger partial charge >= 0.3 is 0 Å². The number of nitrogens with zero attached hydrogens (tertiary/aromatic N) is 5. The van der Waals surface area contributed by atoms with E-state index in [9.17, 15) is 9.59 Å². The SMILES string of the molecule is CC(C)N(C(=O)Cn1cnc2c(cnn2-c2ccccc2)c1=O)C1CCCCC1. The fourth-order valence-corrected chi connectivity index (χ4v) is 4.32. The average Bonchev–Trinajstić information content (AvgIpc) is 3.16. The van der Waals surface area contributed by atoms with Crippen LogP contribution in [0.3, 0.4) is 0 Å². The molecule has 2 heterocycles. The maximum atomic E-state index is 13.1. The topological polar surface area (TPSA) is 73.0 Å². The first-order valence-electron chi connectivity index (χ1n) is 10.4. The molecule has 2 aromatic heterocycles. The Kier molecular flexibility index (Phi) is 5.47. The van der Waals surface area contributed by atoms with E-state index < -0.39 is 0 Å². The van der Waals surface area contributed by atoms with Gasteiger partial charge in [0.1, 0.15) is 18.3 Å². The minimum atomic E-state index is -0.238. The molecule has 0 bridgehead atoms. The van der Waals surface area contributed by atoms with Crippen molar-refractivity contribution in [3.05, 3.63) is 53.2 Å². The van der Waals surface area contributed by atoms with Crippen LogP contribution in [0.1, 0.15) is 46.0 Å². The number of para-hydroxylation sites is 1. The van der Waals surface area contributed by atoms with Gasteiger partial charge in [-0.1, -0.05) is 37.5 Å². The zero-order valence-electron chi connectivity index (χ0n) is 17.0. The van der Waals surface area contributed by atoms with Crippen molar-refractivity contribution in [2.75, 3.05) is 0 Å². The highest BCUT2D eigenvalue weighted by Gasteiger charge is 2.28. The van der Waals surface area contributed by atoms with Crippen molar-refractivity contribution in [3.63, 3.8) is 0 Å². The summed E-state index contributed by atoms with van der Waals surface area (Å²) in [6, 6.07) is 9.95. The van der Waals surface area contributed by atoms with Crippen LogP contribution in [0.15, 0.2) is 47.7 Å². The van der Waals surface area contributed by atoms with E-state index in [-0.39, 0.29) is 30.1 Å². The quantitative estimate of drug-likeness (QED) is 0.667. The smallest absolute Gasteiger partial charge is 0.264 e. The standard InChI is InChI=1S/C22H27N5O2/c1-16(2)26(17-9-5-3-6-10-17)20(28)14-25-15-23-21-19(22(25)29)13-24-27(21)18-11-7-4-8-12-18/h4,7-8,11-13,15-17H,3,5-6,9-10,14H2,1-2H3. The molecule has 0 unspecified atom stereocenters. The van der Waals surface area contributed by atoms with E-state index in [1.807, 2.05) is 49.1 Å². The van der Waals surface area contributed by atoms with Crippen molar-refractivity contribution in [1.29, 1.82) is 0 Å². The van der Waals surface area contributed by atoms with Crippen molar-refractivity contribution in [1.82, 2.24) is 24.2 Å². The van der Waals surface area contributed by atoms with E-state index in [2.05, 4.69) is 10.1 Å². The summed E-state index contributed by atoms with van der Waals surface area (Å²) in [4.78, 5) is 32.5. The van der Waals surface area contributed by atoms with Crippen LogP contribution in [0.5, 0.6) is 0 Å². The Morgan fingerprint density at radius 3 is 2.59 bits per heavy atom. The molecule has 0 radical (unpaired) electrons. The van der Waals surface area contributed by atoms with Gasteiger partial charge in [0, 0.05) is 12.1 Å². The molecule has 0 spiro atoms. The summed E-state index contributed by atoms with van der Waals surface area (Å²) in [5.41, 5.74) is 1.10. The van der Waals surface area contributed by atoms with E-state index in [4.69, 9.17) is 0 Å². The fraction of sp³-hybridized carbons (Fsp3) is 0.455.